The molecular formula is C12H20F3NO. The molecule has 1 N–H and O–H groups in total. The van der Waals surface area contributed by atoms with E-state index < -0.39 is 12.2 Å². The van der Waals surface area contributed by atoms with Crippen LogP contribution >= 0.6 is 0 Å². The van der Waals surface area contributed by atoms with Crippen molar-refractivity contribution in [2.24, 2.45) is 5.92 Å². The molecule has 17 heavy (non-hydrogen) atoms. The number of piperidine rings is 1. The van der Waals surface area contributed by atoms with E-state index >= 15 is 0 Å². The Hall–Kier alpha value is -0.290. The summed E-state index contributed by atoms with van der Waals surface area (Å²) in [5.41, 5.74) is 0. The normalized spacial score (nSPS) is 32.6. The summed E-state index contributed by atoms with van der Waals surface area (Å²) in [4.78, 5) is 0. The summed E-state index contributed by atoms with van der Waals surface area (Å²) in [7, 11) is 0. The van der Waals surface area contributed by atoms with Crippen molar-refractivity contribution in [3.8, 4) is 0 Å². The Bertz CT molecular complexity index is 238. The molecule has 2 saturated heterocycles. The van der Waals surface area contributed by atoms with Gasteiger partial charge in [-0.25, -0.2) is 0 Å². The number of alkyl halides is 3. The number of nitrogens with one attached hydrogen (secondary N) is 1. The zero-order valence-corrected chi connectivity index (χ0v) is 9.93. The van der Waals surface area contributed by atoms with E-state index in [1.54, 1.807) is 0 Å². The van der Waals surface area contributed by atoms with Crippen LogP contribution in [0.4, 0.5) is 13.2 Å². The SMILES string of the molecule is FC(F)(F)C1CCCC(CC2CCOCC2)N1. The average Bonchev–Trinajstić information content (AvgIpc) is 2.29. The van der Waals surface area contributed by atoms with E-state index in [0.717, 1.165) is 38.9 Å². The second-order valence-electron chi connectivity index (χ2n) is 5.18. The number of hydrogen-bond donors (Lipinski definition) is 1. The zero-order chi connectivity index (χ0) is 12.3. The summed E-state index contributed by atoms with van der Waals surface area (Å²) in [6, 6.07) is -1.25. The van der Waals surface area contributed by atoms with Gasteiger partial charge in [0.2, 0.25) is 0 Å². The highest BCUT2D eigenvalue weighted by molar-refractivity contribution is 4.86. The van der Waals surface area contributed by atoms with Crippen molar-refractivity contribution in [1.82, 2.24) is 5.32 Å². The summed E-state index contributed by atoms with van der Waals surface area (Å²) >= 11 is 0. The first kappa shape index (κ1) is 13.1. The van der Waals surface area contributed by atoms with Gasteiger partial charge in [0, 0.05) is 19.3 Å². The van der Waals surface area contributed by atoms with E-state index in [1.165, 1.54) is 0 Å². The molecule has 0 aromatic rings. The fourth-order valence-electron chi connectivity index (χ4n) is 2.85. The molecule has 0 aliphatic carbocycles. The van der Waals surface area contributed by atoms with Gasteiger partial charge < -0.3 is 10.1 Å². The molecule has 0 radical (unpaired) electrons. The molecule has 100 valence electrons. The molecule has 0 aromatic heterocycles. The van der Waals surface area contributed by atoms with Crippen LogP contribution in [0.25, 0.3) is 0 Å². The van der Waals surface area contributed by atoms with E-state index in [4.69, 9.17) is 4.74 Å². The number of hydrogen-bond acceptors (Lipinski definition) is 2. The molecule has 2 rings (SSSR count). The predicted molar refractivity (Wildman–Crippen MR) is 58.8 cm³/mol. The predicted octanol–water partition coefficient (Wildman–Crippen LogP) is 2.88. The summed E-state index contributed by atoms with van der Waals surface area (Å²) < 4.78 is 43.1. The molecule has 2 nitrogen and oxygen atoms in total. The van der Waals surface area contributed by atoms with Crippen LogP contribution in [0.1, 0.15) is 38.5 Å². The van der Waals surface area contributed by atoms with Crippen molar-refractivity contribution >= 4 is 0 Å². The van der Waals surface area contributed by atoms with Crippen molar-refractivity contribution < 1.29 is 17.9 Å². The van der Waals surface area contributed by atoms with Crippen LogP contribution in [0.3, 0.4) is 0 Å². The van der Waals surface area contributed by atoms with Crippen LogP contribution in [0.5, 0.6) is 0 Å². The van der Waals surface area contributed by atoms with Gasteiger partial charge >= 0.3 is 6.18 Å². The first-order valence-electron chi connectivity index (χ1n) is 6.46. The lowest BCUT2D eigenvalue weighted by atomic mass is 9.87. The van der Waals surface area contributed by atoms with Gasteiger partial charge in [0.1, 0.15) is 6.04 Å². The zero-order valence-electron chi connectivity index (χ0n) is 9.93. The molecule has 0 amide bonds. The minimum Gasteiger partial charge on any atom is -0.381 e. The van der Waals surface area contributed by atoms with Gasteiger partial charge in [0.05, 0.1) is 0 Å². The van der Waals surface area contributed by atoms with E-state index in [-0.39, 0.29) is 12.5 Å². The van der Waals surface area contributed by atoms with Crippen molar-refractivity contribution in [3.05, 3.63) is 0 Å². The van der Waals surface area contributed by atoms with Crippen molar-refractivity contribution in [2.45, 2.75) is 56.8 Å². The van der Waals surface area contributed by atoms with Gasteiger partial charge in [-0.05, 0) is 38.0 Å². The van der Waals surface area contributed by atoms with Crippen LogP contribution in [0.15, 0.2) is 0 Å². The third-order valence-corrected chi connectivity index (χ3v) is 3.84. The van der Waals surface area contributed by atoms with Crippen molar-refractivity contribution in [2.75, 3.05) is 13.2 Å². The van der Waals surface area contributed by atoms with E-state index in [2.05, 4.69) is 5.32 Å². The summed E-state index contributed by atoms with van der Waals surface area (Å²) in [6.07, 6.45) is 0.566. The Morgan fingerprint density at radius 2 is 1.76 bits per heavy atom. The van der Waals surface area contributed by atoms with E-state index in [1.807, 2.05) is 0 Å². The van der Waals surface area contributed by atoms with Crippen LogP contribution < -0.4 is 5.32 Å². The fraction of sp³-hybridized carbons (Fsp3) is 1.00. The first-order chi connectivity index (χ1) is 8.05. The smallest absolute Gasteiger partial charge is 0.381 e. The lowest BCUT2D eigenvalue weighted by molar-refractivity contribution is -0.163. The number of rotatable bonds is 2. The third kappa shape index (κ3) is 3.85. The standard InChI is InChI=1S/C12H20F3NO/c13-12(14,15)11-3-1-2-10(16-11)8-9-4-6-17-7-5-9/h9-11,16H,1-8H2. The van der Waals surface area contributed by atoms with E-state index in [0.29, 0.717) is 12.3 Å². The van der Waals surface area contributed by atoms with Crippen molar-refractivity contribution in [3.63, 3.8) is 0 Å². The average molecular weight is 251 g/mol. The molecule has 0 aromatic carbocycles. The Morgan fingerprint density at radius 1 is 1.06 bits per heavy atom. The fourth-order valence-corrected chi connectivity index (χ4v) is 2.85. The monoisotopic (exact) mass is 251 g/mol. The molecule has 2 aliphatic heterocycles. The first-order valence-corrected chi connectivity index (χ1v) is 6.46. The minimum absolute atomic E-state index is 0.0403. The summed E-state index contributed by atoms with van der Waals surface area (Å²) in [5, 5.41) is 2.77. The van der Waals surface area contributed by atoms with Gasteiger partial charge in [0.25, 0.3) is 0 Å². The minimum atomic E-state index is -4.09. The molecule has 2 unspecified atom stereocenters. The van der Waals surface area contributed by atoms with Crippen LogP contribution in [0, 0.1) is 5.92 Å². The maximum Gasteiger partial charge on any atom is 0.403 e. The quantitative estimate of drug-likeness (QED) is 0.814. The second kappa shape index (κ2) is 5.57. The van der Waals surface area contributed by atoms with Gasteiger partial charge in [-0.2, -0.15) is 13.2 Å². The van der Waals surface area contributed by atoms with Gasteiger partial charge in [0.15, 0.2) is 0 Å². The second-order valence-corrected chi connectivity index (χ2v) is 5.18. The highest BCUT2D eigenvalue weighted by atomic mass is 19.4. The molecule has 2 heterocycles. The molecule has 0 spiro atoms. The lowest BCUT2D eigenvalue weighted by Crippen LogP contribution is -2.50. The van der Waals surface area contributed by atoms with Gasteiger partial charge in [-0.3, -0.25) is 0 Å². The van der Waals surface area contributed by atoms with Gasteiger partial charge in [-0.1, -0.05) is 6.42 Å². The number of ether oxygens (including phenoxy) is 1. The topological polar surface area (TPSA) is 21.3 Å². The van der Waals surface area contributed by atoms with Crippen molar-refractivity contribution in [1.29, 1.82) is 0 Å². The molecule has 5 heteroatoms. The van der Waals surface area contributed by atoms with Crippen LogP contribution in [0.2, 0.25) is 0 Å². The molecule has 2 fully saturated rings. The molecular weight excluding hydrogens is 231 g/mol. The Morgan fingerprint density at radius 3 is 2.41 bits per heavy atom. The highest BCUT2D eigenvalue weighted by Gasteiger charge is 2.42. The van der Waals surface area contributed by atoms with Crippen LogP contribution in [-0.2, 0) is 4.74 Å². The molecule has 2 atom stereocenters. The Kier molecular flexibility index (Phi) is 4.31. The highest BCUT2D eigenvalue weighted by Crippen LogP contribution is 2.30. The lowest BCUT2D eigenvalue weighted by Gasteiger charge is -2.35. The maximum absolute atomic E-state index is 12.6. The Labute approximate surface area is 99.9 Å². The maximum atomic E-state index is 12.6. The van der Waals surface area contributed by atoms with Crippen LogP contribution in [-0.4, -0.2) is 31.5 Å². The molecule has 0 bridgehead atoms. The van der Waals surface area contributed by atoms with Gasteiger partial charge in [-0.15, -0.1) is 0 Å². The molecule has 0 saturated carbocycles. The largest absolute Gasteiger partial charge is 0.403 e. The summed E-state index contributed by atoms with van der Waals surface area (Å²) in [5.74, 6) is 0.535. The number of halogens is 3. The molecule has 2 aliphatic rings. The summed E-state index contributed by atoms with van der Waals surface area (Å²) in [6.45, 7) is 1.53. The van der Waals surface area contributed by atoms with E-state index in [9.17, 15) is 13.2 Å². The third-order valence-electron chi connectivity index (χ3n) is 3.84. The Balaban J connectivity index is 1.80.